The average molecular weight is 347 g/mol. The monoisotopic (exact) mass is 346 g/mol. The van der Waals surface area contributed by atoms with Crippen molar-refractivity contribution in [1.29, 1.82) is 0 Å². The van der Waals surface area contributed by atoms with Crippen molar-refractivity contribution < 1.29 is 18.7 Å². The number of aliphatic hydroxyl groups excluding tert-OH is 1. The molecule has 1 aromatic rings. The van der Waals surface area contributed by atoms with Crippen LogP contribution in [0, 0.1) is 11.6 Å². The third-order valence-electron chi connectivity index (χ3n) is 4.12. The van der Waals surface area contributed by atoms with Crippen LogP contribution in [0.3, 0.4) is 0 Å². The van der Waals surface area contributed by atoms with Gasteiger partial charge in [-0.3, -0.25) is 9.69 Å². The second-order valence-electron chi connectivity index (χ2n) is 5.72. The van der Waals surface area contributed by atoms with Gasteiger partial charge in [-0.25, -0.2) is 8.78 Å². The topological polar surface area (TPSA) is 52.6 Å². The molecule has 1 aliphatic heterocycles. The fourth-order valence-electron chi connectivity index (χ4n) is 2.83. The molecule has 0 radical (unpaired) electrons. The maximum absolute atomic E-state index is 13.2. The number of nitrogens with zero attached hydrogens (tertiary/aromatic N) is 1. The second-order valence-corrected chi connectivity index (χ2v) is 6.13. The second kappa shape index (κ2) is 8.57. The highest BCUT2D eigenvalue weighted by Crippen LogP contribution is 2.20. The molecule has 0 aliphatic carbocycles. The number of carbonyl (C=O) groups is 1. The number of hydrogen-bond donors (Lipinski definition) is 2. The van der Waals surface area contributed by atoms with Gasteiger partial charge >= 0.3 is 0 Å². The van der Waals surface area contributed by atoms with E-state index in [1.807, 2.05) is 0 Å². The van der Waals surface area contributed by atoms with E-state index in [9.17, 15) is 18.7 Å². The molecule has 7 heteroatoms. The molecule has 1 fully saturated rings. The summed E-state index contributed by atoms with van der Waals surface area (Å²) in [5.74, 6) is -2.68. The molecule has 1 heterocycles. The molecular formula is C16H21ClF2N2O2. The van der Waals surface area contributed by atoms with E-state index in [-0.39, 0.29) is 23.2 Å². The molecule has 2 N–H and O–H groups in total. The van der Waals surface area contributed by atoms with Crippen LogP contribution in [0.2, 0.25) is 5.02 Å². The van der Waals surface area contributed by atoms with Crippen LogP contribution in [-0.4, -0.2) is 48.2 Å². The first-order chi connectivity index (χ1) is 11.0. The Kier molecular flexibility index (Phi) is 6.74. The lowest BCUT2D eigenvalue weighted by atomic mass is 10.2. The van der Waals surface area contributed by atoms with Crippen LogP contribution >= 0.6 is 11.6 Å². The highest BCUT2D eigenvalue weighted by molar-refractivity contribution is 6.33. The van der Waals surface area contributed by atoms with Gasteiger partial charge in [0.25, 0.3) is 5.91 Å². The SMILES string of the molecule is O=C(NCCCCN1CCCC1CO)c1cc(F)c(F)cc1Cl. The number of nitrogens with one attached hydrogen (secondary N) is 1. The summed E-state index contributed by atoms with van der Waals surface area (Å²) in [6.07, 6.45) is 3.79. The summed E-state index contributed by atoms with van der Waals surface area (Å²) in [5.41, 5.74) is -0.0644. The molecule has 1 atom stereocenters. The Morgan fingerprint density at radius 2 is 2.09 bits per heavy atom. The Bertz CT molecular complexity index is 557. The van der Waals surface area contributed by atoms with E-state index in [4.69, 9.17) is 11.6 Å². The van der Waals surface area contributed by atoms with Gasteiger partial charge in [0.05, 0.1) is 17.2 Å². The van der Waals surface area contributed by atoms with E-state index in [2.05, 4.69) is 10.2 Å². The van der Waals surface area contributed by atoms with Crippen LogP contribution < -0.4 is 5.32 Å². The molecule has 0 aromatic heterocycles. The average Bonchev–Trinajstić information content (AvgIpc) is 2.97. The van der Waals surface area contributed by atoms with Crippen molar-refractivity contribution in [3.05, 3.63) is 34.4 Å². The molecule has 0 saturated carbocycles. The number of carbonyl (C=O) groups excluding carboxylic acids is 1. The van der Waals surface area contributed by atoms with E-state index in [1.54, 1.807) is 0 Å². The van der Waals surface area contributed by atoms with Crippen molar-refractivity contribution in [3.8, 4) is 0 Å². The van der Waals surface area contributed by atoms with Gasteiger partial charge in [0, 0.05) is 12.6 Å². The predicted octanol–water partition coefficient (Wildman–Crippen LogP) is 2.58. The van der Waals surface area contributed by atoms with Crippen molar-refractivity contribution >= 4 is 17.5 Å². The predicted molar refractivity (Wildman–Crippen MR) is 84.6 cm³/mol. The van der Waals surface area contributed by atoms with Gasteiger partial charge in [-0.2, -0.15) is 0 Å². The molecule has 1 saturated heterocycles. The van der Waals surface area contributed by atoms with Crippen LogP contribution in [0.4, 0.5) is 8.78 Å². The van der Waals surface area contributed by atoms with Gasteiger partial charge in [0.15, 0.2) is 11.6 Å². The molecule has 128 valence electrons. The van der Waals surface area contributed by atoms with Crippen LogP contribution in [0.25, 0.3) is 0 Å². The first-order valence-corrected chi connectivity index (χ1v) is 8.18. The number of rotatable bonds is 7. The lowest BCUT2D eigenvalue weighted by molar-refractivity contribution is 0.0951. The lowest BCUT2D eigenvalue weighted by Gasteiger charge is -2.22. The molecule has 1 aliphatic rings. The fourth-order valence-corrected chi connectivity index (χ4v) is 3.07. The van der Waals surface area contributed by atoms with Crippen molar-refractivity contribution in [2.45, 2.75) is 31.7 Å². The minimum Gasteiger partial charge on any atom is -0.395 e. The molecule has 1 aromatic carbocycles. The van der Waals surface area contributed by atoms with Crippen molar-refractivity contribution in [3.63, 3.8) is 0 Å². The Morgan fingerprint density at radius 3 is 2.83 bits per heavy atom. The van der Waals surface area contributed by atoms with Crippen LogP contribution in [0.5, 0.6) is 0 Å². The molecular weight excluding hydrogens is 326 g/mol. The molecule has 4 nitrogen and oxygen atoms in total. The standard InChI is InChI=1S/C16H21ClF2N2O2/c17-13-9-15(19)14(18)8-12(13)16(23)20-5-1-2-6-21-7-3-4-11(21)10-22/h8-9,11,22H,1-7,10H2,(H,20,23). The maximum atomic E-state index is 13.2. The van der Waals surface area contributed by atoms with Gasteiger partial charge in [-0.15, -0.1) is 0 Å². The first kappa shape index (κ1) is 18.1. The largest absolute Gasteiger partial charge is 0.395 e. The van der Waals surface area contributed by atoms with E-state index < -0.39 is 17.5 Å². The Hall–Kier alpha value is -1.24. The van der Waals surface area contributed by atoms with Crippen molar-refractivity contribution in [1.82, 2.24) is 10.2 Å². The smallest absolute Gasteiger partial charge is 0.252 e. The van der Waals surface area contributed by atoms with Crippen LogP contribution in [0.15, 0.2) is 12.1 Å². The highest BCUT2D eigenvalue weighted by atomic mass is 35.5. The quantitative estimate of drug-likeness (QED) is 0.589. The summed E-state index contributed by atoms with van der Waals surface area (Å²) in [4.78, 5) is 14.2. The van der Waals surface area contributed by atoms with Crippen molar-refractivity contribution in [2.24, 2.45) is 0 Å². The lowest BCUT2D eigenvalue weighted by Crippen LogP contribution is -2.33. The molecule has 0 spiro atoms. The summed E-state index contributed by atoms with van der Waals surface area (Å²) in [6, 6.07) is 1.86. The van der Waals surface area contributed by atoms with E-state index >= 15 is 0 Å². The zero-order valence-corrected chi connectivity index (χ0v) is 13.6. The summed E-state index contributed by atoms with van der Waals surface area (Å²) in [5, 5.41) is 11.8. The number of halogens is 3. The molecule has 1 amide bonds. The zero-order valence-electron chi connectivity index (χ0n) is 12.8. The third kappa shape index (κ3) is 4.86. The fraction of sp³-hybridized carbons (Fsp3) is 0.562. The van der Waals surface area contributed by atoms with Crippen LogP contribution in [-0.2, 0) is 0 Å². The number of likely N-dealkylation sites (tertiary alicyclic amines) is 1. The summed E-state index contributed by atoms with van der Waals surface area (Å²) in [7, 11) is 0. The normalized spacial score (nSPS) is 18.3. The minimum atomic E-state index is -1.09. The van der Waals surface area contributed by atoms with Crippen LogP contribution in [0.1, 0.15) is 36.0 Å². The Labute approximate surface area is 139 Å². The Balaban J connectivity index is 1.72. The van der Waals surface area contributed by atoms with Gasteiger partial charge in [0.1, 0.15) is 0 Å². The molecule has 23 heavy (non-hydrogen) atoms. The zero-order chi connectivity index (χ0) is 16.8. The van der Waals surface area contributed by atoms with Crippen molar-refractivity contribution in [2.75, 3.05) is 26.2 Å². The van der Waals surface area contributed by atoms with E-state index in [0.29, 0.717) is 6.54 Å². The molecule has 1 unspecified atom stereocenters. The summed E-state index contributed by atoms with van der Waals surface area (Å²) in [6.45, 7) is 2.51. The maximum Gasteiger partial charge on any atom is 0.252 e. The van der Waals surface area contributed by atoms with Gasteiger partial charge in [0.2, 0.25) is 0 Å². The number of amides is 1. The first-order valence-electron chi connectivity index (χ1n) is 7.80. The van der Waals surface area contributed by atoms with E-state index in [0.717, 1.165) is 50.9 Å². The third-order valence-corrected chi connectivity index (χ3v) is 4.43. The van der Waals surface area contributed by atoms with E-state index in [1.165, 1.54) is 0 Å². The number of hydrogen-bond acceptors (Lipinski definition) is 3. The molecule has 0 bridgehead atoms. The Morgan fingerprint density at radius 1 is 1.35 bits per heavy atom. The minimum absolute atomic E-state index is 0.0644. The summed E-state index contributed by atoms with van der Waals surface area (Å²) >= 11 is 5.76. The number of unbranched alkanes of at least 4 members (excludes halogenated alkanes) is 1. The number of aliphatic hydroxyl groups is 1. The van der Waals surface area contributed by atoms with Gasteiger partial charge in [-0.05, 0) is 50.9 Å². The van der Waals surface area contributed by atoms with Gasteiger partial charge < -0.3 is 10.4 Å². The van der Waals surface area contributed by atoms with Gasteiger partial charge in [-0.1, -0.05) is 11.6 Å². The highest BCUT2D eigenvalue weighted by Gasteiger charge is 2.22. The summed E-state index contributed by atoms with van der Waals surface area (Å²) < 4.78 is 26.1. The molecule has 2 rings (SSSR count). The number of benzene rings is 1.